The van der Waals surface area contributed by atoms with Gasteiger partial charge >= 0.3 is 0 Å². The lowest BCUT2D eigenvalue weighted by atomic mass is 9.86. The molecule has 0 fully saturated rings. The van der Waals surface area contributed by atoms with Gasteiger partial charge in [0.15, 0.2) is 11.5 Å². The van der Waals surface area contributed by atoms with E-state index < -0.39 is 5.54 Å². The van der Waals surface area contributed by atoms with Crippen LogP contribution in [0.1, 0.15) is 16.8 Å². The van der Waals surface area contributed by atoms with E-state index in [1.54, 1.807) is 13.1 Å². The molecule has 2 aliphatic heterocycles. The minimum atomic E-state index is -0.878. The van der Waals surface area contributed by atoms with Crippen molar-refractivity contribution in [3.63, 3.8) is 0 Å². The molecule has 0 bridgehead atoms. The lowest BCUT2D eigenvalue weighted by Crippen LogP contribution is -2.23. The average molecular weight is 382 g/mol. The summed E-state index contributed by atoms with van der Waals surface area (Å²) in [4.78, 5) is 9.05. The van der Waals surface area contributed by atoms with Crippen molar-refractivity contribution >= 4 is 41.0 Å². The zero-order valence-electron chi connectivity index (χ0n) is 12.5. The summed E-state index contributed by atoms with van der Waals surface area (Å²) in [6, 6.07) is 5.64. The van der Waals surface area contributed by atoms with E-state index in [9.17, 15) is 0 Å². The highest BCUT2D eigenvalue weighted by molar-refractivity contribution is 6.43. The molecule has 1 aromatic heterocycles. The number of hydrogen-bond donors (Lipinski definition) is 0. The van der Waals surface area contributed by atoms with Gasteiger partial charge < -0.3 is 9.47 Å². The zero-order valence-corrected chi connectivity index (χ0v) is 14.8. The Morgan fingerprint density at radius 1 is 1.08 bits per heavy atom. The van der Waals surface area contributed by atoms with Crippen molar-refractivity contribution < 1.29 is 9.47 Å². The molecule has 4 nitrogen and oxygen atoms in total. The van der Waals surface area contributed by atoms with Gasteiger partial charge in [0.05, 0.1) is 15.7 Å². The summed E-state index contributed by atoms with van der Waals surface area (Å²) in [6.07, 6.45) is 5.48. The first-order valence-corrected chi connectivity index (χ1v) is 8.31. The van der Waals surface area contributed by atoms with Gasteiger partial charge in [0.2, 0.25) is 6.79 Å². The summed E-state index contributed by atoms with van der Waals surface area (Å²) in [7, 11) is 0. The van der Waals surface area contributed by atoms with Crippen LogP contribution in [0.2, 0.25) is 15.2 Å². The Balaban J connectivity index is 1.96. The van der Waals surface area contributed by atoms with E-state index in [-0.39, 0.29) is 11.9 Å². The minimum absolute atomic E-state index is 0.198. The number of aliphatic imine (C=N–C) groups is 1. The first-order chi connectivity index (χ1) is 11.5. The fraction of sp³-hybridized carbons (Fsp3) is 0.176. The molecule has 1 atom stereocenters. The quantitative estimate of drug-likeness (QED) is 0.690. The number of halogens is 3. The maximum Gasteiger partial charge on any atom is 0.231 e. The standard InChI is InChI=1S/C17H11Cl3N2O2/c1-9-13(18)15(22-16(20)14(9)19)17(5-2-6-21-17)10-3-4-11-12(7-10)24-8-23-11/h2-7H,8H2,1H3. The second-order valence-electron chi connectivity index (χ2n) is 5.48. The van der Waals surface area contributed by atoms with E-state index in [1.165, 1.54) is 0 Å². The fourth-order valence-corrected chi connectivity index (χ4v) is 3.54. The molecular formula is C17H11Cl3N2O2. The van der Waals surface area contributed by atoms with Crippen molar-refractivity contribution in [3.8, 4) is 11.5 Å². The number of rotatable bonds is 2. The smallest absolute Gasteiger partial charge is 0.231 e. The average Bonchev–Trinajstić information content (AvgIpc) is 3.25. The maximum absolute atomic E-state index is 6.54. The van der Waals surface area contributed by atoms with E-state index in [4.69, 9.17) is 44.3 Å². The van der Waals surface area contributed by atoms with Crippen LogP contribution in [0.4, 0.5) is 0 Å². The molecule has 0 saturated heterocycles. The number of benzene rings is 1. The largest absolute Gasteiger partial charge is 0.454 e. The van der Waals surface area contributed by atoms with Crippen LogP contribution in [0.3, 0.4) is 0 Å². The number of aromatic nitrogens is 1. The summed E-state index contributed by atoms with van der Waals surface area (Å²) in [5, 5.41) is 0.979. The molecule has 7 heteroatoms. The number of pyridine rings is 1. The molecule has 0 N–H and O–H groups in total. The number of hydrogen-bond acceptors (Lipinski definition) is 4. The monoisotopic (exact) mass is 380 g/mol. The summed E-state index contributed by atoms with van der Waals surface area (Å²) in [5.74, 6) is 1.36. The highest BCUT2D eigenvalue weighted by Crippen LogP contribution is 2.45. The van der Waals surface area contributed by atoms with Crippen molar-refractivity contribution in [2.45, 2.75) is 12.5 Å². The topological polar surface area (TPSA) is 43.7 Å². The van der Waals surface area contributed by atoms with Gasteiger partial charge in [0.1, 0.15) is 10.7 Å². The predicted octanol–water partition coefficient (Wildman–Crippen LogP) is 4.96. The van der Waals surface area contributed by atoms with Gasteiger partial charge in [-0.3, -0.25) is 4.99 Å². The Hall–Kier alpha value is -1.75. The molecule has 0 aliphatic carbocycles. The Morgan fingerprint density at radius 2 is 1.88 bits per heavy atom. The van der Waals surface area contributed by atoms with Crippen LogP contribution in [-0.2, 0) is 5.54 Å². The second-order valence-corrected chi connectivity index (χ2v) is 6.59. The third-order valence-electron chi connectivity index (χ3n) is 4.13. The normalized spacial score (nSPS) is 20.8. The van der Waals surface area contributed by atoms with E-state index in [1.807, 2.05) is 30.4 Å². The Kier molecular flexibility index (Phi) is 3.71. The van der Waals surface area contributed by atoms with Crippen molar-refractivity contribution in [1.82, 2.24) is 4.98 Å². The maximum atomic E-state index is 6.54. The third kappa shape index (κ3) is 2.21. The lowest BCUT2D eigenvalue weighted by molar-refractivity contribution is 0.174. The minimum Gasteiger partial charge on any atom is -0.454 e. The third-order valence-corrected chi connectivity index (χ3v) is 5.43. The Bertz CT molecular complexity index is 897. The molecule has 1 unspecified atom stereocenters. The van der Waals surface area contributed by atoms with Crippen molar-refractivity contribution in [2.24, 2.45) is 4.99 Å². The van der Waals surface area contributed by atoms with E-state index >= 15 is 0 Å². The molecule has 24 heavy (non-hydrogen) atoms. The predicted molar refractivity (Wildman–Crippen MR) is 95.0 cm³/mol. The van der Waals surface area contributed by atoms with Crippen LogP contribution in [0.25, 0.3) is 0 Å². The molecular weight excluding hydrogens is 371 g/mol. The molecule has 0 radical (unpaired) electrons. The first-order valence-electron chi connectivity index (χ1n) is 7.17. The van der Waals surface area contributed by atoms with Crippen LogP contribution in [-0.4, -0.2) is 18.0 Å². The second kappa shape index (κ2) is 5.66. The van der Waals surface area contributed by atoms with Gasteiger partial charge in [-0.2, -0.15) is 0 Å². The van der Waals surface area contributed by atoms with Crippen LogP contribution >= 0.6 is 34.8 Å². The number of fused-ring (bicyclic) bond motifs is 1. The van der Waals surface area contributed by atoms with Gasteiger partial charge in [-0.1, -0.05) is 40.9 Å². The zero-order chi connectivity index (χ0) is 16.9. The van der Waals surface area contributed by atoms with Crippen molar-refractivity contribution in [3.05, 3.63) is 62.4 Å². The number of allylic oxidation sites excluding steroid dienone is 1. The van der Waals surface area contributed by atoms with Gasteiger partial charge in [0, 0.05) is 6.21 Å². The van der Waals surface area contributed by atoms with Gasteiger partial charge in [0.25, 0.3) is 0 Å². The molecule has 122 valence electrons. The number of nitrogens with zero attached hydrogens (tertiary/aromatic N) is 2. The molecule has 2 aromatic rings. The van der Waals surface area contributed by atoms with Crippen LogP contribution in [0.5, 0.6) is 11.5 Å². The van der Waals surface area contributed by atoms with E-state index in [2.05, 4.69) is 9.98 Å². The van der Waals surface area contributed by atoms with Crippen LogP contribution in [0, 0.1) is 6.92 Å². The first kappa shape index (κ1) is 15.8. The summed E-state index contributed by atoms with van der Waals surface area (Å²) in [6.45, 7) is 2.01. The Labute approximate surface area is 153 Å². The van der Waals surface area contributed by atoms with Crippen molar-refractivity contribution in [2.75, 3.05) is 6.79 Å². The summed E-state index contributed by atoms with van der Waals surface area (Å²) >= 11 is 18.9. The summed E-state index contributed by atoms with van der Waals surface area (Å²) < 4.78 is 10.9. The molecule has 0 saturated carbocycles. The molecule has 1 aromatic carbocycles. The molecule has 0 spiro atoms. The lowest BCUT2D eigenvalue weighted by Gasteiger charge is -2.26. The highest BCUT2D eigenvalue weighted by atomic mass is 35.5. The van der Waals surface area contributed by atoms with Crippen LogP contribution in [0.15, 0.2) is 35.3 Å². The van der Waals surface area contributed by atoms with Gasteiger partial charge in [-0.15, -0.1) is 0 Å². The van der Waals surface area contributed by atoms with Gasteiger partial charge in [-0.25, -0.2) is 4.98 Å². The molecule has 2 aliphatic rings. The molecule has 0 amide bonds. The van der Waals surface area contributed by atoms with E-state index in [0.29, 0.717) is 32.8 Å². The number of ether oxygens (including phenoxy) is 2. The summed E-state index contributed by atoms with van der Waals surface area (Å²) in [5.41, 5.74) is 1.17. The SMILES string of the molecule is Cc1c(Cl)c(Cl)nc(C2(c3ccc4c(c3)OCO4)C=CC=N2)c1Cl. The van der Waals surface area contributed by atoms with Crippen LogP contribution < -0.4 is 9.47 Å². The molecule has 3 heterocycles. The highest BCUT2D eigenvalue weighted by Gasteiger charge is 2.38. The fourth-order valence-electron chi connectivity index (χ4n) is 2.84. The van der Waals surface area contributed by atoms with E-state index in [0.717, 1.165) is 5.56 Å². The molecule has 4 rings (SSSR count). The van der Waals surface area contributed by atoms with Gasteiger partial charge in [-0.05, 0) is 42.3 Å². The van der Waals surface area contributed by atoms with Crippen molar-refractivity contribution in [1.29, 1.82) is 0 Å². The Morgan fingerprint density at radius 3 is 2.62 bits per heavy atom.